The lowest BCUT2D eigenvalue weighted by molar-refractivity contribution is -0.137. The molecule has 0 N–H and O–H groups in total. The Bertz CT molecular complexity index is 1020. The van der Waals surface area contributed by atoms with Crippen LogP contribution in [0.15, 0.2) is 46.3 Å². The summed E-state index contributed by atoms with van der Waals surface area (Å²) in [6.45, 7) is 0. The Labute approximate surface area is 153 Å². The predicted octanol–water partition coefficient (Wildman–Crippen LogP) is 4.43. The van der Waals surface area contributed by atoms with Gasteiger partial charge in [-0.1, -0.05) is 30.3 Å². The highest BCUT2D eigenvalue weighted by Gasteiger charge is 2.39. The molecule has 2 saturated carbocycles. The molecule has 1 aromatic heterocycles. The number of nitrogens with zero attached hydrogens (tertiary/aromatic N) is 3. The van der Waals surface area contributed by atoms with Gasteiger partial charge in [0, 0.05) is 11.3 Å². The van der Waals surface area contributed by atoms with E-state index >= 15 is 0 Å². The Hall–Kier alpha value is -2.88. The van der Waals surface area contributed by atoms with Crippen LogP contribution in [0.2, 0.25) is 0 Å². The number of halogens is 3. The zero-order valence-electron chi connectivity index (χ0n) is 14.3. The second-order valence-electron chi connectivity index (χ2n) is 7.08. The van der Waals surface area contributed by atoms with Gasteiger partial charge in [-0.25, -0.2) is 0 Å². The van der Waals surface area contributed by atoms with Gasteiger partial charge in [0.05, 0.1) is 11.3 Å². The molecule has 0 spiro atoms. The average molecular weight is 371 g/mol. The highest BCUT2D eigenvalue weighted by Crippen LogP contribution is 2.43. The first-order valence-electron chi connectivity index (χ1n) is 8.79. The van der Waals surface area contributed by atoms with Gasteiger partial charge < -0.3 is 0 Å². The summed E-state index contributed by atoms with van der Waals surface area (Å²) < 4.78 is 41.3. The second-order valence-corrected chi connectivity index (χ2v) is 7.08. The Kier molecular flexibility index (Phi) is 4.14. The summed E-state index contributed by atoms with van der Waals surface area (Å²) in [6, 6.07) is 10.6. The average Bonchev–Trinajstić information content (AvgIpc) is 3.26. The van der Waals surface area contributed by atoms with Crippen molar-refractivity contribution in [3.8, 4) is 17.3 Å². The molecule has 2 aromatic rings. The highest BCUT2D eigenvalue weighted by atomic mass is 19.4. The molecular formula is C20H16F3N3O. The molecule has 2 fully saturated rings. The lowest BCUT2D eigenvalue weighted by atomic mass is 9.99. The van der Waals surface area contributed by atoms with Crippen LogP contribution in [0.25, 0.3) is 11.3 Å². The van der Waals surface area contributed by atoms with Gasteiger partial charge in [0.2, 0.25) is 0 Å². The van der Waals surface area contributed by atoms with E-state index in [9.17, 15) is 23.2 Å². The minimum absolute atomic E-state index is 0.0437. The van der Waals surface area contributed by atoms with Crippen LogP contribution in [0.1, 0.15) is 36.8 Å². The third-order valence-electron chi connectivity index (χ3n) is 5.41. The molecule has 0 radical (unpaired) electrons. The fourth-order valence-corrected chi connectivity index (χ4v) is 4.12. The maximum absolute atomic E-state index is 13.4. The third-order valence-corrected chi connectivity index (χ3v) is 5.41. The van der Waals surface area contributed by atoms with Crippen molar-refractivity contribution in [2.24, 2.45) is 16.9 Å². The van der Waals surface area contributed by atoms with E-state index in [-0.39, 0.29) is 11.6 Å². The lowest BCUT2D eigenvalue weighted by Gasteiger charge is -2.17. The first kappa shape index (κ1) is 17.5. The fourth-order valence-electron chi connectivity index (χ4n) is 4.12. The largest absolute Gasteiger partial charge is 0.417 e. The number of rotatable bonds is 2. The Morgan fingerprint density at radius 2 is 1.93 bits per heavy atom. The van der Waals surface area contributed by atoms with E-state index in [0.29, 0.717) is 11.5 Å². The molecule has 7 heteroatoms. The summed E-state index contributed by atoms with van der Waals surface area (Å²) in [5.74, 6) is 0.813. The number of nitriles is 1. The van der Waals surface area contributed by atoms with Gasteiger partial charge in [-0.05, 0) is 43.6 Å². The van der Waals surface area contributed by atoms with Crippen LogP contribution in [-0.4, -0.2) is 10.4 Å². The van der Waals surface area contributed by atoms with Crippen molar-refractivity contribution in [3.63, 3.8) is 0 Å². The fraction of sp³-hybridized carbons (Fsp3) is 0.350. The molecule has 2 unspecified atom stereocenters. The first-order chi connectivity index (χ1) is 12.9. The van der Waals surface area contributed by atoms with Gasteiger partial charge in [0.15, 0.2) is 0 Å². The number of hydrogen-bond acceptors (Lipinski definition) is 3. The van der Waals surface area contributed by atoms with Crippen LogP contribution in [0.3, 0.4) is 0 Å². The minimum atomic E-state index is -4.80. The topological polar surface area (TPSA) is 58.1 Å². The zero-order valence-corrected chi connectivity index (χ0v) is 14.3. The van der Waals surface area contributed by atoms with Gasteiger partial charge in [-0.3, -0.25) is 4.79 Å². The zero-order chi connectivity index (χ0) is 19.2. The second kappa shape index (κ2) is 6.38. The van der Waals surface area contributed by atoms with Crippen LogP contribution in [0.4, 0.5) is 13.2 Å². The van der Waals surface area contributed by atoms with Gasteiger partial charge in [-0.15, -0.1) is 0 Å². The van der Waals surface area contributed by atoms with Crippen molar-refractivity contribution in [1.82, 2.24) is 4.68 Å². The molecule has 2 bridgehead atoms. The SMILES string of the molecule is N#Cc1c(C(F)(F)F)cc(-c2ccccc2)n(/N=C2/CC3CCC2C3)c1=O. The summed E-state index contributed by atoms with van der Waals surface area (Å²) in [4.78, 5) is 12.8. The number of alkyl halides is 3. The van der Waals surface area contributed by atoms with E-state index in [0.717, 1.165) is 42.1 Å². The highest BCUT2D eigenvalue weighted by molar-refractivity contribution is 5.90. The Morgan fingerprint density at radius 3 is 2.48 bits per heavy atom. The normalized spacial score (nSPS) is 23.0. The van der Waals surface area contributed by atoms with Crippen molar-refractivity contribution in [2.75, 3.05) is 0 Å². The summed E-state index contributed by atoms with van der Waals surface area (Å²) in [6.07, 6.45) is -0.911. The van der Waals surface area contributed by atoms with E-state index in [1.165, 1.54) is 6.07 Å². The molecular weight excluding hydrogens is 355 g/mol. The maximum Gasteiger partial charge on any atom is 0.417 e. The van der Waals surface area contributed by atoms with Crippen LogP contribution < -0.4 is 5.56 Å². The molecule has 4 nitrogen and oxygen atoms in total. The molecule has 2 atom stereocenters. The smallest absolute Gasteiger partial charge is 0.266 e. The van der Waals surface area contributed by atoms with E-state index in [1.54, 1.807) is 30.3 Å². The number of fused-ring (bicyclic) bond motifs is 2. The molecule has 0 amide bonds. The molecule has 2 aliphatic carbocycles. The number of hydrogen-bond donors (Lipinski definition) is 0. The number of aromatic nitrogens is 1. The van der Waals surface area contributed by atoms with Crippen LogP contribution in [-0.2, 0) is 6.18 Å². The van der Waals surface area contributed by atoms with Gasteiger partial charge in [0.25, 0.3) is 5.56 Å². The molecule has 27 heavy (non-hydrogen) atoms. The van der Waals surface area contributed by atoms with Gasteiger partial charge in [0.1, 0.15) is 11.6 Å². The predicted molar refractivity (Wildman–Crippen MR) is 94.1 cm³/mol. The molecule has 4 rings (SSSR count). The van der Waals surface area contributed by atoms with Gasteiger partial charge in [-0.2, -0.15) is 28.2 Å². The molecule has 0 saturated heterocycles. The van der Waals surface area contributed by atoms with Crippen LogP contribution >= 0.6 is 0 Å². The van der Waals surface area contributed by atoms with Crippen molar-refractivity contribution in [1.29, 1.82) is 5.26 Å². The summed E-state index contributed by atoms with van der Waals surface area (Å²) in [7, 11) is 0. The molecule has 1 aromatic carbocycles. The molecule has 2 aliphatic rings. The minimum Gasteiger partial charge on any atom is -0.266 e. The summed E-state index contributed by atoms with van der Waals surface area (Å²) in [5.41, 5.74) is -1.84. The Morgan fingerprint density at radius 1 is 1.19 bits per heavy atom. The van der Waals surface area contributed by atoms with Crippen LogP contribution in [0.5, 0.6) is 0 Å². The third kappa shape index (κ3) is 3.05. The van der Waals surface area contributed by atoms with E-state index in [4.69, 9.17) is 0 Å². The van der Waals surface area contributed by atoms with E-state index in [2.05, 4.69) is 5.10 Å². The van der Waals surface area contributed by atoms with Crippen molar-refractivity contribution in [2.45, 2.75) is 31.9 Å². The lowest BCUT2D eigenvalue weighted by Crippen LogP contribution is -2.27. The van der Waals surface area contributed by atoms with Crippen molar-refractivity contribution in [3.05, 3.63) is 57.9 Å². The molecule has 1 heterocycles. The monoisotopic (exact) mass is 371 g/mol. The summed E-state index contributed by atoms with van der Waals surface area (Å²) in [5, 5.41) is 13.7. The van der Waals surface area contributed by atoms with E-state index < -0.39 is 22.9 Å². The molecule has 0 aliphatic heterocycles. The Balaban J connectivity index is 1.98. The first-order valence-corrected chi connectivity index (χ1v) is 8.79. The maximum atomic E-state index is 13.4. The van der Waals surface area contributed by atoms with Crippen LogP contribution in [0, 0.1) is 23.2 Å². The van der Waals surface area contributed by atoms with Crippen molar-refractivity contribution >= 4 is 5.71 Å². The van der Waals surface area contributed by atoms with Gasteiger partial charge >= 0.3 is 6.18 Å². The number of benzene rings is 1. The quantitative estimate of drug-likeness (QED) is 0.784. The summed E-state index contributed by atoms with van der Waals surface area (Å²) >= 11 is 0. The van der Waals surface area contributed by atoms with E-state index in [1.807, 2.05) is 0 Å². The number of pyridine rings is 1. The standard InChI is InChI=1S/C20H16F3N3O/c21-20(22,23)16-10-18(13-4-2-1-3-5-13)26(19(27)15(16)11-24)25-17-9-12-6-7-14(17)8-12/h1-5,10,12,14H,6-9H2/b25-17-. The van der Waals surface area contributed by atoms with Crippen molar-refractivity contribution < 1.29 is 13.2 Å². The molecule has 138 valence electrons.